The third-order valence-corrected chi connectivity index (χ3v) is 6.12. The maximum absolute atomic E-state index is 12.9. The number of hydrogen-bond acceptors (Lipinski definition) is 6. The van der Waals surface area contributed by atoms with Crippen LogP contribution >= 0.6 is 0 Å². The molecule has 30 heavy (non-hydrogen) atoms. The minimum absolute atomic E-state index is 0.0175. The first-order valence-corrected chi connectivity index (χ1v) is 10.7. The topological polar surface area (TPSA) is 90.7 Å². The van der Waals surface area contributed by atoms with Gasteiger partial charge in [-0.25, -0.2) is 13.2 Å². The first kappa shape index (κ1) is 21.5. The van der Waals surface area contributed by atoms with Gasteiger partial charge in [0.15, 0.2) is 0 Å². The predicted octanol–water partition coefficient (Wildman–Crippen LogP) is 2.48. The molecule has 9 heteroatoms. The fourth-order valence-electron chi connectivity index (χ4n) is 2.78. The monoisotopic (exact) mass is 429 g/mol. The van der Waals surface area contributed by atoms with E-state index >= 15 is 0 Å². The number of aromatic nitrogens is 2. The summed E-state index contributed by atoms with van der Waals surface area (Å²) in [6, 6.07) is 14.0. The van der Waals surface area contributed by atoms with Gasteiger partial charge in [0.1, 0.15) is 29.6 Å². The zero-order valence-corrected chi connectivity index (χ0v) is 17.6. The largest absolute Gasteiger partial charge is 0.490 e. The Labute approximate surface area is 175 Å². The van der Waals surface area contributed by atoms with E-state index in [0.29, 0.717) is 5.75 Å². The summed E-state index contributed by atoms with van der Waals surface area (Å²) >= 11 is 0. The number of hydrogen-bond donors (Lipinski definition) is 0. The average Bonchev–Trinajstić information content (AvgIpc) is 3.15. The highest BCUT2D eigenvalue weighted by Crippen LogP contribution is 2.20. The minimum Gasteiger partial charge on any atom is -0.490 e. The zero-order valence-electron chi connectivity index (χ0n) is 16.8. The van der Waals surface area contributed by atoms with E-state index in [9.17, 15) is 13.2 Å². The Hall–Kier alpha value is -3.17. The fourth-order valence-corrected chi connectivity index (χ4v) is 4.01. The van der Waals surface area contributed by atoms with E-state index in [-0.39, 0.29) is 30.3 Å². The second-order valence-corrected chi connectivity index (χ2v) is 8.64. The van der Waals surface area contributed by atoms with Crippen molar-refractivity contribution in [1.29, 1.82) is 0 Å². The molecule has 0 bridgehead atoms. The lowest BCUT2D eigenvalue weighted by Gasteiger charge is -2.15. The molecule has 0 unspecified atom stereocenters. The number of nitrogens with zero attached hydrogens (tertiary/aromatic N) is 3. The summed E-state index contributed by atoms with van der Waals surface area (Å²) in [6.45, 7) is 0.406. The lowest BCUT2D eigenvalue weighted by molar-refractivity contribution is 0.0439. The summed E-state index contributed by atoms with van der Waals surface area (Å²) in [5.74, 6) is 0.0583. The molecule has 2 aromatic heterocycles. The van der Waals surface area contributed by atoms with Gasteiger partial charge in [0.05, 0.1) is 0 Å². The van der Waals surface area contributed by atoms with Crippen molar-refractivity contribution in [3.8, 4) is 5.75 Å². The molecule has 0 fully saturated rings. The van der Waals surface area contributed by atoms with E-state index in [1.54, 1.807) is 43.7 Å². The predicted molar refractivity (Wildman–Crippen MR) is 111 cm³/mol. The lowest BCUT2D eigenvalue weighted by atomic mass is 10.3. The highest BCUT2D eigenvalue weighted by molar-refractivity contribution is 7.89. The molecular weight excluding hydrogens is 406 g/mol. The third-order valence-electron chi connectivity index (χ3n) is 4.35. The number of esters is 1. The van der Waals surface area contributed by atoms with Crippen molar-refractivity contribution in [2.24, 2.45) is 7.05 Å². The molecule has 0 spiro atoms. The van der Waals surface area contributed by atoms with Gasteiger partial charge in [0.25, 0.3) is 0 Å². The smallest absolute Gasteiger partial charge is 0.355 e. The number of pyridine rings is 1. The van der Waals surface area contributed by atoms with Gasteiger partial charge in [0.2, 0.25) is 10.0 Å². The number of sulfonamides is 1. The second kappa shape index (κ2) is 9.55. The van der Waals surface area contributed by atoms with E-state index in [1.165, 1.54) is 28.2 Å². The fraction of sp³-hybridized carbons (Fsp3) is 0.238. The lowest BCUT2D eigenvalue weighted by Crippen LogP contribution is -2.26. The van der Waals surface area contributed by atoms with Crippen molar-refractivity contribution < 1.29 is 22.7 Å². The van der Waals surface area contributed by atoms with Gasteiger partial charge in [-0.15, -0.1) is 0 Å². The van der Waals surface area contributed by atoms with Crippen LogP contribution in [0.5, 0.6) is 5.75 Å². The van der Waals surface area contributed by atoms with E-state index in [4.69, 9.17) is 9.47 Å². The summed E-state index contributed by atoms with van der Waals surface area (Å²) in [7, 11) is -0.706. The SMILES string of the molecule is CN(Cc1cccnc1)S(=O)(=O)c1cc(C(=O)OCCOc2ccccc2)n(C)c1. The minimum atomic E-state index is -3.78. The molecule has 0 aliphatic heterocycles. The number of rotatable bonds is 9. The van der Waals surface area contributed by atoms with E-state index in [0.717, 1.165) is 5.56 Å². The number of benzene rings is 1. The van der Waals surface area contributed by atoms with Crippen molar-refractivity contribution in [3.05, 3.63) is 78.4 Å². The summed E-state index contributed by atoms with van der Waals surface area (Å²) in [4.78, 5) is 16.4. The molecule has 0 saturated heterocycles. The van der Waals surface area contributed by atoms with E-state index in [2.05, 4.69) is 4.98 Å². The molecule has 0 atom stereocenters. The highest BCUT2D eigenvalue weighted by atomic mass is 32.2. The quantitative estimate of drug-likeness (QED) is 0.383. The van der Waals surface area contributed by atoms with Gasteiger partial charge >= 0.3 is 5.97 Å². The molecule has 158 valence electrons. The number of para-hydroxylation sites is 1. The van der Waals surface area contributed by atoms with Crippen LogP contribution in [0.3, 0.4) is 0 Å². The van der Waals surface area contributed by atoms with Crippen LogP contribution in [0.25, 0.3) is 0 Å². The summed E-state index contributed by atoms with van der Waals surface area (Å²) in [5.41, 5.74) is 0.903. The van der Waals surface area contributed by atoms with Crippen LogP contribution in [0, 0.1) is 0 Å². The Morgan fingerprint density at radius 1 is 1.13 bits per heavy atom. The molecule has 3 rings (SSSR count). The summed E-state index contributed by atoms with van der Waals surface area (Å²) < 4.78 is 39.1. The zero-order chi connectivity index (χ0) is 21.6. The molecule has 8 nitrogen and oxygen atoms in total. The molecule has 0 N–H and O–H groups in total. The van der Waals surface area contributed by atoms with Gasteiger partial charge in [-0.3, -0.25) is 4.98 Å². The number of aryl methyl sites for hydroxylation is 1. The molecule has 0 aliphatic carbocycles. The normalized spacial score (nSPS) is 11.4. The standard InChI is InChI=1S/C21H23N3O5S/c1-23-16-19(30(26,27)24(2)15-17-7-6-10-22-14-17)13-20(23)21(25)29-12-11-28-18-8-4-3-5-9-18/h3-10,13-14,16H,11-12,15H2,1-2H3. The molecule has 0 amide bonds. The van der Waals surface area contributed by atoms with Gasteiger partial charge in [-0.05, 0) is 29.8 Å². The van der Waals surface area contributed by atoms with Crippen LogP contribution < -0.4 is 4.74 Å². The first-order chi connectivity index (χ1) is 14.4. The second-order valence-electron chi connectivity index (χ2n) is 6.59. The van der Waals surface area contributed by atoms with Gasteiger partial charge in [0, 0.05) is 39.2 Å². The Kier molecular flexibility index (Phi) is 6.86. The van der Waals surface area contributed by atoms with E-state index in [1.807, 2.05) is 18.2 Å². The molecular formula is C21H23N3O5S. The van der Waals surface area contributed by atoms with Crippen LogP contribution in [0.15, 0.2) is 72.0 Å². The van der Waals surface area contributed by atoms with Gasteiger partial charge in [-0.2, -0.15) is 4.31 Å². The number of ether oxygens (including phenoxy) is 2. The molecule has 1 aromatic carbocycles. The number of carbonyl (C=O) groups is 1. The van der Waals surface area contributed by atoms with Crippen LogP contribution in [0.4, 0.5) is 0 Å². The van der Waals surface area contributed by atoms with Crippen molar-refractivity contribution >= 4 is 16.0 Å². The van der Waals surface area contributed by atoms with Crippen molar-refractivity contribution in [1.82, 2.24) is 13.9 Å². The Balaban J connectivity index is 1.61. The Morgan fingerprint density at radius 3 is 2.60 bits per heavy atom. The average molecular weight is 429 g/mol. The molecule has 2 heterocycles. The van der Waals surface area contributed by atoms with Crippen molar-refractivity contribution in [3.63, 3.8) is 0 Å². The van der Waals surface area contributed by atoms with E-state index < -0.39 is 16.0 Å². The first-order valence-electron chi connectivity index (χ1n) is 9.24. The van der Waals surface area contributed by atoms with Gasteiger partial charge in [-0.1, -0.05) is 24.3 Å². The Morgan fingerprint density at radius 2 is 1.90 bits per heavy atom. The molecule has 0 radical (unpaired) electrons. The Bertz CT molecular complexity index is 1080. The molecule has 0 saturated carbocycles. The van der Waals surface area contributed by atoms with Crippen LogP contribution in [0.1, 0.15) is 16.1 Å². The molecule has 0 aliphatic rings. The van der Waals surface area contributed by atoms with Crippen LogP contribution in [-0.4, -0.2) is 48.5 Å². The van der Waals surface area contributed by atoms with Crippen LogP contribution in [-0.2, 0) is 28.4 Å². The van der Waals surface area contributed by atoms with Crippen molar-refractivity contribution in [2.75, 3.05) is 20.3 Å². The molecule has 3 aromatic rings. The maximum Gasteiger partial charge on any atom is 0.355 e. The maximum atomic E-state index is 12.9. The third kappa shape index (κ3) is 5.25. The van der Waals surface area contributed by atoms with Crippen LogP contribution in [0.2, 0.25) is 0 Å². The van der Waals surface area contributed by atoms with Crippen molar-refractivity contribution in [2.45, 2.75) is 11.4 Å². The van der Waals surface area contributed by atoms with Gasteiger partial charge < -0.3 is 14.0 Å². The number of carbonyl (C=O) groups excluding carboxylic acids is 1. The summed E-state index contributed by atoms with van der Waals surface area (Å²) in [6.07, 6.45) is 4.63. The summed E-state index contributed by atoms with van der Waals surface area (Å²) in [5, 5.41) is 0. The highest BCUT2D eigenvalue weighted by Gasteiger charge is 2.25.